The van der Waals surface area contributed by atoms with E-state index in [4.69, 9.17) is 23.9 Å². The van der Waals surface area contributed by atoms with Crippen LogP contribution in [0.3, 0.4) is 0 Å². The Morgan fingerprint density at radius 3 is 2.73 bits per heavy atom. The predicted molar refractivity (Wildman–Crippen MR) is 49.1 cm³/mol. The van der Waals surface area contributed by atoms with Crippen molar-refractivity contribution in [2.45, 2.75) is 31.7 Å². The third-order valence-electron chi connectivity index (χ3n) is 1.56. The van der Waals surface area contributed by atoms with Crippen LogP contribution in [0, 0.1) is 12.3 Å². The maximum Gasteiger partial charge on any atom is 0.0224 e. The van der Waals surface area contributed by atoms with Crippen LogP contribution < -0.4 is 11.3 Å². The number of hydrazine groups is 1. The summed E-state index contributed by atoms with van der Waals surface area (Å²) in [5.41, 5.74) is 2.72. The molecule has 0 aliphatic heterocycles. The van der Waals surface area contributed by atoms with Crippen LogP contribution in [0.25, 0.3) is 0 Å². The van der Waals surface area contributed by atoms with Gasteiger partial charge in [-0.2, -0.15) is 0 Å². The summed E-state index contributed by atoms with van der Waals surface area (Å²) in [5, 5.41) is 0. The number of hydrogen-bond acceptors (Lipinski definition) is 2. The van der Waals surface area contributed by atoms with Crippen LogP contribution >= 0.6 is 11.6 Å². The number of terminal acetylenes is 1. The maximum absolute atomic E-state index is 5.53. The van der Waals surface area contributed by atoms with Crippen molar-refractivity contribution in [3.8, 4) is 12.3 Å². The lowest BCUT2D eigenvalue weighted by Gasteiger charge is -2.12. The number of alkyl halides is 1. The normalized spacial score (nSPS) is 12.5. The van der Waals surface area contributed by atoms with Gasteiger partial charge in [-0.25, -0.2) is 0 Å². The van der Waals surface area contributed by atoms with Gasteiger partial charge in [0.1, 0.15) is 0 Å². The molecule has 0 heterocycles. The summed E-state index contributed by atoms with van der Waals surface area (Å²) in [7, 11) is 0. The summed E-state index contributed by atoms with van der Waals surface area (Å²) < 4.78 is 0. The molecule has 0 saturated carbocycles. The van der Waals surface area contributed by atoms with Gasteiger partial charge in [0.15, 0.2) is 0 Å². The SMILES string of the molecule is C#CCCC(CCCCl)NN. The van der Waals surface area contributed by atoms with Crippen LogP contribution in [0.5, 0.6) is 0 Å². The van der Waals surface area contributed by atoms with E-state index in [9.17, 15) is 0 Å². The Balaban J connectivity index is 3.34. The molecule has 0 bridgehead atoms. The zero-order valence-corrected chi connectivity index (χ0v) is 7.40. The minimum absolute atomic E-state index is 0.324. The van der Waals surface area contributed by atoms with Crippen molar-refractivity contribution < 1.29 is 0 Å². The predicted octanol–water partition coefficient (Wildman–Crippen LogP) is 1.25. The molecule has 2 nitrogen and oxygen atoms in total. The lowest BCUT2D eigenvalue weighted by molar-refractivity contribution is 0.466. The van der Waals surface area contributed by atoms with Gasteiger partial charge in [0.05, 0.1) is 0 Å². The Labute approximate surface area is 73.5 Å². The lowest BCUT2D eigenvalue weighted by Crippen LogP contribution is -2.34. The molecule has 64 valence electrons. The first-order valence-electron chi connectivity index (χ1n) is 3.80. The highest BCUT2D eigenvalue weighted by molar-refractivity contribution is 6.17. The van der Waals surface area contributed by atoms with Gasteiger partial charge >= 0.3 is 0 Å². The molecule has 0 amide bonds. The van der Waals surface area contributed by atoms with E-state index in [1.54, 1.807) is 0 Å². The standard InChI is InChI=1S/C8H15ClN2/c1-2-3-5-8(11-10)6-4-7-9/h1,8,11H,3-7,10H2. The molecular formula is C8H15ClN2. The smallest absolute Gasteiger partial charge is 0.0224 e. The summed E-state index contributed by atoms with van der Waals surface area (Å²) in [6.07, 6.45) is 8.81. The fourth-order valence-corrected chi connectivity index (χ4v) is 1.05. The molecule has 1 unspecified atom stereocenters. The molecular weight excluding hydrogens is 160 g/mol. The van der Waals surface area contributed by atoms with Crippen molar-refractivity contribution in [3.63, 3.8) is 0 Å². The van der Waals surface area contributed by atoms with Gasteiger partial charge < -0.3 is 0 Å². The van der Waals surface area contributed by atoms with Gasteiger partial charge in [-0.3, -0.25) is 11.3 Å². The fourth-order valence-electron chi connectivity index (χ4n) is 0.892. The largest absolute Gasteiger partial charge is 0.271 e. The second kappa shape index (κ2) is 7.87. The summed E-state index contributed by atoms with van der Waals surface area (Å²) in [6, 6.07) is 0.324. The highest BCUT2D eigenvalue weighted by atomic mass is 35.5. The summed E-state index contributed by atoms with van der Waals surface area (Å²) in [4.78, 5) is 0. The van der Waals surface area contributed by atoms with Crippen molar-refractivity contribution in [3.05, 3.63) is 0 Å². The summed E-state index contributed by atoms with van der Waals surface area (Å²) in [5.74, 6) is 8.56. The Hall–Kier alpha value is -0.230. The quantitative estimate of drug-likeness (QED) is 0.275. The van der Waals surface area contributed by atoms with E-state index in [0.717, 1.165) is 25.7 Å². The lowest BCUT2D eigenvalue weighted by atomic mass is 10.1. The van der Waals surface area contributed by atoms with Crippen molar-refractivity contribution in [2.75, 3.05) is 5.88 Å². The number of hydrogen-bond donors (Lipinski definition) is 2. The Bertz CT molecular complexity index is 120. The zero-order valence-electron chi connectivity index (χ0n) is 6.65. The summed E-state index contributed by atoms with van der Waals surface area (Å²) >= 11 is 5.53. The maximum atomic E-state index is 5.53. The van der Waals surface area contributed by atoms with E-state index >= 15 is 0 Å². The number of rotatable bonds is 6. The molecule has 0 aromatic rings. The molecule has 0 rings (SSSR count). The molecule has 0 fully saturated rings. The molecule has 0 spiro atoms. The molecule has 11 heavy (non-hydrogen) atoms. The molecule has 1 atom stereocenters. The van der Waals surface area contributed by atoms with Crippen LogP contribution in [-0.4, -0.2) is 11.9 Å². The van der Waals surface area contributed by atoms with Crippen LogP contribution in [0.2, 0.25) is 0 Å². The molecule has 0 aromatic carbocycles. The average molecular weight is 175 g/mol. The van der Waals surface area contributed by atoms with Gasteiger partial charge in [0.25, 0.3) is 0 Å². The van der Waals surface area contributed by atoms with Gasteiger partial charge in [-0.05, 0) is 19.3 Å². The van der Waals surface area contributed by atoms with E-state index in [1.165, 1.54) is 0 Å². The molecule has 3 N–H and O–H groups in total. The molecule has 0 aliphatic carbocycles. The van der Waals surface area contributed by atoms with Crippen molar-refractivity contribution >= 4 is 11.6 Å². The van der Waals surface area contributed by atoms with Crippen LogP contribution in [-0.2, 0) is 0 Å². The number of nitrogens with two attached hydrogens (primary N) is 1. The van der Waals surface area contributed by atoms with Gasteiger partial charge in [-0.1, -0.05) is 0 Å². The fraction of sp³-hybridized carbons (Fsp3) is 0.750. The molecule has 3 heteroatoms. The topological polar surface area (TPSA) is 38.0 Å². The Kier molecular flexibility index (Phi) is 7.71. The minimum atomic E-state index is 0.324. The van der Waals surface area contributed by atoms with Gasteiger partial charge in [0, 0.05) is 18.3 Å². The minimum Gasteiger partial charge on any atom is -0.271 e. The first-order chi connectivity index (χ1) is 5.35. The van der Waals surface area contributed by atoms with E-state index in [1.807, 2.05) is 0 Å². The number of nitrogens with one attached hydrogen (secondary N) is 1. The molecule has 0 radical (unpaired) electrons. The Morgan fingerprint density at radius 1 is 1.55 bits per heavy atom. The molecule has 0 saturated heterocycles. The summed E-state index contributed by atoms with van der Waals surface area (Å²) in [6.45, 7) is 0. The third kappa shape index (κ3) is 6.18. The van der Waals surface area contributed by atoms with E-state index in [2.05, 4.69) is 11.3 Å². The van der Waals surface area contributed by atoms with Crippen molar-refractivity contribution in [1.29, 1.82) is 0 Å². The van der Waals surface area contributed by atoms with E-state index in [0.29, 0.717) is 11.9 Å². The first-order valence-corrected chi connectivity index (χ1v) is 4.34. The third-order valence-corrected chi connectivity index (χ3v) is 1.83. The van der Waals surface area contributed by atoms with Crippen LogP contribution in [0.15, 0.2) is 0 Å². The monoisotopic (exact) mass is 174 g/mol. The molecule has 0 aliphatic rings. The van der Waals surface area contributed by atoms with Crippen molar-refractivity contribution in [2.24, 2.45) is 5.84 Å². The molecule has 0 aromatic heterocycles. The van der Waals surface area contributed by atoms with E-state index in [-0.39, 0.29) is 0 Å². The van der Waals surface area contributed by atoms with E-state index < -0.39 is 0 Å². The second-order valence-electron chi connectivity index (χ2n) is 2.44. The number of halogens is 1. The van der Waals surface area contributed by atoms with Gasteiger partial charge in [-0.15, -0.1) is 23.9 Å². The highest BCUT2D eigenvalue weighted by Crippen LogP contribution is 2.03. The van der Waals surface area contributed by atoms with Crippen LogP contribution in [0.4, 0.5) is 0 Å². The van der Waals surface area contributed by atoms with Gasteiger partial charge in [0.2, 0.25) is 0 Å². The first kappa shape index (κ1) is 10.8. The second-order valence-corrected chi connectivity index (χ2v) is 2.82. The zero-order chi connectivity index (χ0) is 8.53. The van der Waals surface area contributed by atoms with Crippen molar-refractivity contribution in [1.82, 2.24) is 5.43 Å². The van der Waals surface area contributed by atoms with Crippen LogP contribution in [0.1, 0.15) is 25.7 Å². The Morgan fingerprint density at radius 2 is 2.27 bits per heavy atom. The highest BCUT2D eigenvalue weighted by Gasteiger charge is 2.03. The average Bonchev–Trinajstić information content (AvgIpc) is 2.05.